The maximum absolute atomic E-state index is 11.5. The molecule has 2 aliphatic carbocycles. The van der Waals surface area contributed by atoms with Crippen LogP contribution in [-0.4, -0.2) is 24.5 Å². The molecule has 0 amide bonds. The molecule has 4 nitrogen and oxygen atoms in total. The fourth-order valence-electron chi connectivity index (χ4n) is 2.17. The Balaban J connectivity index is 0.000000200. The third-order valence-corrected chi connectivity index (χ3v) is 5.01. The van der Waals surface area contributed by atoms with E-state index in [4.69, 9.17) is 46.4 Å². The molecular weight excluding hydrogens is 507 g/mol. The van der Waals surface area contributed by atoms with Crippen LogP contribution < -0.4 is 10.2 Å². The first kappa shape index (κ1) is 24.4. The number of hydrogen-bond donors (Lipinski definition) is 0. The van der Waals surface area contributed by atoms with Crippen molar-refractivity contribution in [1.82, 2.24) is 0 Å². The molecular formula is C20H16Cl4N2O2Zn. The Morgan fingerprint density at radius 2 is 1.03 bits per heavy atom. The fraction of sp³-hybridized carbons (Fsp3) is 0.300. The Hall–Kier alpha value is -0.837. The van der Waals surface area contributed by atoms with E-state index in [0.29, 0.717) is 33.3 Å². The summed E-state index contributed by atoms with van der Waals surface area (Å²) in [7, 11) is 0. The maximum atomic E-state index is 11.5. The van der Waals surface area contributed by atoms with Gasteiger partial charge in [-0.15, -0.1) is 0 Å². The SMILES string of the molecule is [O-]c1c(Cl)cc(Cl)cc1C=NC1CC1.[O-]c1c(Cl)cc(Cl)cc1C=NC1CC1.[Zn+2]. The Labute approximate surface area is 202 Å². The fourth-order valence-corrected chi connectivity index (χ4v) is 3.19. The third-order valence-electron chi connectivity index (χ3n) is 4.02. The zero-order valence-corrected chi connectivity index (χ0v) is 21.4. The van der Waals surface area contributed by atoms with Crippen molar-refractivity contribution in [3.63, 3.8) is 0 Å². The molecule has 0 N–H and O–H groups in total. The van der Waals surface area contributed by atoms with Gasteiger partial charge in [-0.3, -0.25) is 9.98 Å². The van der Waals surface area contributed by atoms with Crippen LogP contribution in [-0.2, 0) is 19.5 Å². The van der Waals surface area contributed by atoms with E-state index in [2.05, 4.69) is 9.98 Å². The van der Waals surface area contributed by atoms with Crippen LogP contribution in [0.4, 0.5) is 0 Å². The van der Waals surface area contributed by atoms with E-state index in [9.17, 15) is 10.2 Å². The molecule has 0 unspecified atom stereocenters. The van der Waals surface area contributed by atoms with E-state index in [1.165, 1.54) is 12.1 Å². The van der Waals surface area contributed by atoms with Crippen molar-refractivity contribution >= 4 is 58.8 Å². The number of halogens is 4. The third kappa shape index (κ3) is 7.73. The largest absolute Gasteiger partial charge is 2.00 e. The van der Waals surface area contributed by atoms with Crippen LogP contribution in [0.1, 0.15) is 36.8 Å². The smallest absolute Gasteiger partial charge is 0.871 e. The van der Waals surface area contributed by atoms with Crippen LogP contribution in [0.25, 0.3) is 0 Å². The van der Waals surface area contributed by atoms with Gasteiger partial charge in [0.2, 0.25) is 0 Å². The van der Waals surface area contributed by atoms with Gasteiger partial charge in [-0.1, -0.05) is 57.9 Å². The monoisotopic (exact) mass is 520 g/mol. The summed E-state index contributed by atoms with van der Waals surface area (Å²) >= 11 is 22.9. The van der Waals surface area contributed by atoms with E-state index in [-0.39, 0.29) is 41.0 Å². The van der Waals surface area contributed by atoms with Crippen molar-refractivity contribution in [2.24, 2.45) is 9.98 Å². The summed E-state index contributed by atoms with van der Waals surface area (Å²) in [6.45, 7) is 0. The van der Waals surface area contributed by atoms with Crippen molar-refractivity contribution in [2.75, 3.05) is 0 Å². The van der Waals surface area contributed by atoms with Gasteiger partial charge >= 0.3 is 19.5 Å². The van der Waals surface area contributed by atoms with Crippen LogP contribution in [0.15, 0.2) is 34.3 Å². The predicted molar refractivity (Wildman–Crippen MR) is 113 cm³/mol. The summed E-state index contributed by atoms with van der Waals surface area (Å²) in [6, 6.07) is 6.85. The van der Waals surface area contributed by atoms with E-state index in [1.54, 1.807) is 24.6 Å². The average molecular weight is 524 g/mol. The van der Waals surface area contributed by atoms with Crippen molar-refractivity contribution in [3.05, 3.63) is 55.5 Å². The van der Waals surface area contributed by atoms with Crippen LogP contribution in [0.5, 0.6) is 11.5 Å². The molecule has 0 aromatic heterocycles. The van der Waals surface area contributed by atoms with Crippen LogP contribution in [0, 0.1) is 0 Å². The molecule has 0 heterocycles. The van der Waals surface area contributed by atoms with Gasteiger partial charge in [0.05, 0.1) is 12.1 Å². The molecule has 2 aliphatic rings. The van der Waals surface area contributed by atoms with Gasteiger partial charge in [0.25, 0.3) is 0 Å². The minimum atomic E-state index is -0.208. The summed E-state index contributed by atoms with van der Waals surface area (Å²) in [6.07, 6.45) is 7.57. The van der Waals surface area contributed by atoms with Crippen molar-refractivity contribution < 1.29 is 29.7 Å². The zero-order valence-electron chi connectivity index (χ0n) is 15.4. The number of nitrogens with zero attached hydrogens (tertiary/aromatic N) is 2. The number of rotatable bonds is 4. The summed E-state index contributed by atoms with van der Waals surface area (Å²) in [5, 5.41) is 24.2. The minimum absolute atomic E-state index is 0. The number of aliphatic imine (C=N–C) groups is 2. The molecule has 2 aromatic rings. The second-order valence-electron chi connectivity index (χ2n) is 6.63. The molecule has 2 saturated carbocycles. The normalized spacial score (nSPS) is 15.9. The van der Waals surface area contributed by atoms with Crippen LogP contribution in [0.2, 0.25) is 20.1 Å². The quantitative estimate of drug-likeness (QED) is 0.403. The number of hydrogen-bond acceptors (Lipinski definition) is 4. The first-order valence-electron chi connectivity index (χ1n) is 8.72. The van der Waals surface area contributed by atoms with E-state index in [1.807, 2.05) is 0 Å². The Morgan fingerprint density at radius 1 is 0.690 bits per heavy atom. The first-order valence-corrected chi connectivity index (χ1v) is 10.2. The van der Waals surface area contributed by atoms with Gasteiger partial charge < -0.3 is 10.2 Å². The zero-order chi connectivity index (χ0) is 20.3. The Bertz CT molecular complexity index is 854. The Kier molecular flexibility index (Phi) is 9.25. The van der Waals surface area contributed by atoms with Gasteiger partial charge in [0.15, 0.2) is 0 Å². The van der Waals surface area contributed by atoms with Gasteiger partial charge in [-0.25, -0.2) is 0 Å². The summed E-state index contributed by atoms with van der Waals surface area (Å²) in [5.41, 5.74) is 0.934. The second kappa shape index (κ2) is 11.0. The first-order chi connectivity index (χ1) is 13.3. The second-order valence-corrected chi connectivity index (χ2v) is 8.32. The van der Waals surface area contributed by atoms with E-state index in [0.717, 1.165) is 25.7 Å². The van der Waals surface area contributed by atoms with E-state index < -0.39 is 0 Å². The molecule has 0 atom stereocenters. The molecule has 0 spiro atoms. The molecule has 0 bridgehead atoms. The molecule has 148 valence electrons. The van der Waals surface area contributed by atoms with Crippen LogP contribution in [0.3, 0.4) is 0 Å². The standard InChI is InChI=1S/2C10H9Cl2NO.Zn/c2*11-7-3-6(5-13-8-1-2-8)10(14)9(12)4-7;/h2*3-5,8,14H,1-2H2;/q;;+2/p-2. The Morgan fingerprint density at radius 3 is 1.34 bits per heavy atom. The van der Waals surface area contributed by atoms with Gasteiger partial charge in [-0.05, 0) is 61.1 Å². The molecule has 0 radical (unpaired) electrons. The topological polar surface area (TPSA) is 70.8 Å². The molecule has 4 rings (SSSR count). The molecule has 0 saturated heterocycles. The molecule has 29 heavy (non-hydrogen) atoms. The summed E-state index contributed by atoms with van der Waals surface area (Å²) in [4.78, 5) is 8.41. The van der Waals surface area contributed by atoms with Gasteiger partial charge in [-0.2, -0.15) is 0 Å². The van der Waals surface area contributed by atoms with Gasteiger partial charge in [0.1, 0.15) is 0 Å². The van der Waals surface area contributed by atoms with Crippen molar-refractivity contribution in [2.45, 2.75) is 37.8 Å². The van der Waals surface area contributed by atoms with Crippen molar-refractivity contribution in [3.8, 4) is 11.5 Å². The average Bonchev–Trinajstić information content (AvgIpc) is 3.53. The predicted octanol–water partition coefficient (Wildman–Crippen LogP) is 5.29. The molecule has 2 fully saturated rings. The van der Waals surface area contributed by atoms with Crippen LogP contribution >= 0.6 is 46.4 Å². The summed E-state index contributed by atoms with van der Waals surface area (Å²) < 4.78 is 0. The molecule has 0 aliphatic heterocycles. The van der Waals surface area contributed by atoms with Crippen molar-refractivity contribution in [1.29, 1.82) is 0 Å². The maximum Gasteiger partial charge on any atom is 2.00 e. The summed E-state index contributed by atoms with van der Waals surface area (Å²) in [5.74, 6) is -0.416. The van der Waals surface area contributed by atoms with Gasteiger partial charge in [0, 0.05) is 32.5 Å². The van der Waals surface area contributed by atoms with E-state index >= 15 is 0 Å². The molecule has 2 aromatic carbocycles. The molecule has 9 heteroatoms. The number of benzene rings is 2. The minimum Gasteiger partial charge on any atom is -0.871 e.